The van der Waals surface area contributed by atoms with Crippen molar-refractivity contribution in [3.63, 3.8) is 0 Å². The molecule has 5 nitrogen and oxygen atoms in total. The summed E-state index contributed by atoms with van der Waals surface area (Å²) in [6, 6.07) is 7.69. The summed E-state index contributed by atoms with van der Waals surface area (Å²) in [6.45, 7) is 8.25. The summed E-state index contributed by atoms with van der Waals surface area (Å²) in [5.41, 5.74) is 6.78. The number of thioether (sulfide) groups is 1. The highest BCUT2D eigenvalue weighted by molar-refractivity contribution is 8.00. The number of amides is 1. The fraction of sp³-hybridized carbons (Fsp3) is 0.500. The number of hydrogen-bond donors (Lipinski definition) is 1. The molecule has 0 bridgehead atoms. The van der Waals surface area contributed by atoms with E-state index in [0.29, 0.717) is 12.0 Å². The Morgan fingerprint density at radius 3 is 2.32 bits per heavy atom. The van der Waals surface area contributed by atoms with Gasteiger partial charge in [0.25, 0.3) is 6.47 Å². The zero-order valence-electron chi connectivity index (χ0n) is 13.2. The van der Waals surface area contributed by atoms with Crippen LogP contribution in [0.1, 0.15) is 36.7 Å². The van der Waals surface area contributed by atoms with E-state index >= 15 is 0 Å². The van der Waals surface area contributed by atoms with Gasteiger partial charge in [0.05, 0.1) is 0 Å². The number of benzene rings is 1. The molecule has 0 aromatic heterocycles. The molecule has 2 fully saturated rings. The monoisotopic (exact) mass is 322 g/mol. The highest BCUT2D eigenvalue weighted by Gasteiger charge is 2.57. The van der Waals surface area contributed by atoms with E-state index in [1.54, 1.807) is 0 Å². The standard InChI is InChI=1S/C11H12N2OS.C5H10O2/c12-10(14)8-1-3-9(4-2-8)11-7-13(11)5-6-15-11;1-5(2,3)7-4-6/h1-4H,5-7H2,(H2,12,14);4H,1-3H3. The summed E-state index contributed by atoms with van der Waals surface area (Å²) in [5, 5.41) is 0. The lowest BCUT2D eigenvalue weighted by molar-refractivity contribution is -0.138. The van der Waals surface area contributed by atoms with Crippen molar-refractivity contribution in [2.24, 2.45) is 5.73 Å². The molecule has 2 saturated heterocycles. The Balaban J connectivity index is 0.000000217. The van der Waals surface area contributed by atoms with Gasteiger partial charge in [-0.25, -0.2) is 0 Å². The third-order valence-electron chi connectivity index (χ3n) is 3.54. The molecule has 2 atom stereocenters. The number of nitrogens with two attached hydrogens (primary N) is 1. The van der Waals surface area contributed by atoms with Gasteiger partial charge >= 0.3 is 0 Å². The maximum Gasteiger partial charge on any atom is 0.293 e. The third-order valence-corrected chi connectivity index (χ3v) is 5.02. The fourth-order valence-corrected chi connectivity index (χ4v) is 3.81. The van der Waals surface area contributed by atoms with Crippen LogP contribution in [0.3, 0.4) is 0 Å². The average molecular weight is 322 g/mol. The van der Waals surface area contributed by atoms with Gasteiger partial charge in [-0.05, 0) is 38.5 Å². The van der Waals surface area contributed by atoms with Crippen LogP contribution in [0.2, 0.25) is 0 Å². The van der Waals surface area contributed by atoms with Crippen LogP contribution in [0.4, 0.5) is 0 Å². The van der Waals surface area contributed by atoms with Crippen LogP contribution >= 0.6 is 11.8 Å². The van der Waals surface area contributed by atoms with Gasteiger partial charge in [-0.2, -0.15) is 0 Å². The van der Waals surface area contributed by atoms with Gasteiger partial charge < -0.3 is 10.5 Å². The molecule has 2 N–H and O–H groups in total. The van der Waals surface area contributed by atoms with E-state index < -0.39 is 0 Å². The lowest BCUT2D eigenvalue weighted by atomic mass is 10.1. The molecule has 2 unspecified atom stereocenters. The molecule has 6 heteroatoms. The number of rotatable bonds is 3. The predicted octanol–water partition coefficient (Wildman–Crippen LogP) is 1.96. The highest BCUT2D eigenvalue weighted by atomic mass is 32.2. The number of hydrogen-bond acceptors (Lipinski definition) is 5. The molecule has 1 amide bonds. The minimum atomic E-state index is -0.356. The zero-order valence-corrected chi connectivity index (χ0v) is 14.0. The topological polar surface area (TPSA) is 72.4 Å². The maximum absolute atomic E-state index is 10.9. The number of carbonyl (C=O) groups excluding carboxylic acids is 2. The SMILES string of the molecule is CC(C)(C)OC=O.NC(=O)c1ccc(C23CN2CCS3)cc1. The van der Waals surface area contributed by atoms with Gasteiger partial charge in [-0.1, -0.05) is 12.1 Å². The van der Waals surface area contributed by atoms with Gasteiger partial charge in [-0.15, -0.1) is 11.8 Å². The van der Waals surface area contributed by atoms with Crippen molar-refractivity contribution in [3.05, 3.63) is 35.4 Å². The molecule has 3 rings (SSSR count). The highest BCUT2D eigenvalue weighted by Crippen LogP contribution is 2.56. The quantitative estimate of drug-likeness (QED) is 0.680. The second kappa shape index (κ2) is 6.30. The number of fused-ring (bicyclic) bond motifs is 1. The van der Waals surface area contributed by atoms with Gasteiger partial charge in [-0.3, -0.25) is 14.5 Å². The number of primary amides is 1. The van der Waals surface area contributed by atoms with Crippen molar-refractivity contribution >= 4 is 24.1 Å². The molecule has 0 saturated carbocycles. The summed E-state index contributed by atoms with van der Waals surface area (Å²) in [6.07, 6.45) is 0. The van der Waals surface area contributed by atoms with Crippen LogP contribution in [0, 0.1) is 0 Å². The van der Waals surface area contributed by atoms with Crippen LogP contribution < -0.4 is 5.73 Å². The smallest absolute Gasteiger partial charge is 0.293 e. The second-order valence-electron chi connectivity index (χ2n) is 6.32. The first-order valence-electron chi connectivity index (χ1n) is 7.19. The Morgan fingerprint density at radius 1 is 1.36 bits per heavy atom. The molecule has 2 heterocycles. The molecule has 2 aliphatic heterocycles. The Bertz CT molecular complexity index is 554. The van der Waals surface area contributed by atoms with Crippen molar-refractivity contribution in [2.75, 3.05) is 18.8 Å². The van der Waals surface area contributed by atoms with Gasteiger partial charge in [0, 0.05) is 24.4 Å². The summed E-state index contributed by atoms with van der Waals surface area (Å²) in [4.78, 5) is 23.2. The van der Waals surface area contributed by atoms with E-state index in [4.69, 9.17) is 5.73 Å². The Hall–Kier alpha value is -1.53. The molecule has 0 radical (unpaired) electrons. The van der Waals surface area contributed by atoms with Gasteiger partial charge in [0.15, 0.2) is 0 Å². The summed E-state index contributed by atoms with van der Waals surface area (Å²) in [5.74, 6) is 0.850. The molecule has 1 aromatic carbocycles. The first-order chi connectivity index (χ1) is 10.3. The van der Waals surface area contributed by atoms with E-state index in [2.05, 4.69) is 9.64 Å². The molecule has 120 valence electrons. The Kier molecular flexibility index (Phi) is 4.82. The van der Waals surface area contributed by atoms with Crippen molar-refractivity contribution in [2.45, 2.75) is 31.2 Å². The first kappa shape index (κ1) is 16.8. The van der Waals surface area contributed by atoms with Crippen LogP contribution in [0.5, 0.6) is 0 Å². The van der Waals surface area contributed by atoms with Crippen molar-refractivity contribution < 1.29 is 14.3 Å². The van der Waals surface area contributed by atoms with Crippen molar-refractivity contribution in [1.82, 2.24) is 4.90 Å². The van der Waals surface area contributed by atoms with Crippen molar-refractivity contribution in [1.29, 1.82) is 0 Å². The van der Waals surface area contributed by atoms with E-state index in [1.807, 2.05) is 56.8 Å². The molecule has 0 spiro atoms. The maximum atomic E-state index is 10.9. The number of carbonyl (C=O) groups is 2. The molecular formula is C16H22N2O3S. The molecule has 1 aromatic rings. The van der Waals surface area contributed by atoms with Crippen LogP contribution in [-0.2, 0) is 14.4 Å². The van der Waals surface area contributed by atoms with E-state index in [-0.39, 0.29) is 16.4 Å². The molecule has 2 aliphatic rings. The Labute approximate surface area is 135 Å². The van der Waals surface area contributed by atoms with Crippen LogP contribution in [0.15, 0.2) is 24.3 Å². The van der Waals surface area contributed by atoms with E-state index in [0.717, 1.165) is 6.54 Å². The number of nitrogens with zero attached hydrogens (tertiary/aromatic N) is 1. The largest absolute Gasteiger partial charge is 0.462 e. The lowest BCUT2D eigenvalue weighted by Crippen LogP contribution is -2.17. The van der Waals surface area contributed by atoms with Gasteiger partial charge in [0.1, 0.15) is 10.5 Å². The van der Waals surface area contributed by atoms with Gasteiger partial charge in [0.2, 0.25) is 5.91 Å². The predicted molar refractivity (Wildman–Crippen MR) is 87.6 cm³/mol. The third kappa shape index (κ3) is 3.81. The lowest BCUT2D eigenvalue weighted by Gasteiger charge is -2.14. The molecule has 0 aliphatic carbocycles. The van der Waals surface area contributed by atoms with Crippen LogP contribution in [0.25, 0.3) is 0 Å². The molecular weight excluding hydrogens is 300 g/mol. The van der Waals surface area contributed by atoms with E-state index in [9.17, 15) is 9.59 Å². The second-order valence-corrected chi connectivity index (χ2v) is 7.69. The summed E-state index contributed by atoms with van der Waals surface area (Å²) in [7, 11) is 0. The number of ether oxygens (including phenoxy) is 1. The van der Waals surface area contributed by atoms with Crippen LogP contribution in [-0.4, -0.2) is 41.7 Å². The summed E-state index contributed by atoms with van der Waals surface area (Å²) >= 11 is 2.00. The zero-order chi connectivity index (χ0) is 16.4. The first-order valence-corrected chi connectivity index (χ1v) is 8.18. The van der Waals surface area contributed by atoms with Crippen molar-refractivity contribution in [3.8, 4) is 0 Å². The minimum absolute atomic E-state index is 0.232. The average Bonchev–Trinajstić information content (AvgIpc) is 3.00. The Morgan fingerprint density at radius 2 is 2.00 bits per heavy atom. The van der Waals surface area contributed by atoms with E-state index in [1.165, 1.54) is 17.9 Å². The normalized spacial score (nSPS) is 25.5. The molecule has 22 heavy (non-hydrogen) atoms. The minimum Gasteiger partial charge on any atom is -0.462 e. The fourth-order valence-electron chi connectivity index (χ4n) is 2.34. The summed E-state index contributed by atoms with van der Waals surface area (Å²) < 4.78 is 4.55.